The number of rotatable bonds is 9. The van der Waals surface area contributed by atoms with Crippen LogP contribution in [-0.4, -0.2) is 57.3 Å². The molecule has 9 nitrogen and oxygen atoms in total. The molecule has 0 spiro atoms. The Balaban J connectivity index is 1.90. The molecule has 9 heteroatoms. The van der Waals surface area contributed by atoms with Gasteiger partial charge >= 0.3 is 6.09 Å². The lowest BCUT2D eigenvalue weighted by Crippen LogP contribution is -2.58. The molecule has 0 radical (unpaired) electrons. The molecule has 3 amide bonds. The minimum atomic E-state index is -1.29. The van der Waals surface area contributed by atoms with E-state index in [9.17, 15) is 24.6 Å². The molecule has 4 N–H and O–H groups in total. The summed E-state index contributed by atoms with van der Waals surface area (Å²) in [5.74, 6) is -0.955. The molecule has 0 aliphatic heterocycles. The van der Waals surface area contributed by atoms with Crippen molar-refractivity contribution in [3.8, 4) is 5.75 Å². The van der Waals surface area contributed by atoms with E-state index >= 15 is 0 Å². The van der Waals surface area contributed by atoms with Crippen molar-refractivity contribution in [3.05, 3.63) is 65.7 Å². The molecule has 1 fully saturated rings. The standard InChI is InChI=1S/C27H35N3O6/c1-27(2,3)36-26(35)29-22(17-31)25(34)30(20-10-7-11-20)23(19-12-14-21(32)15-13-19)24(33)28-16-18-8-5-4-6-9-18/h4-6,8-9,12-15,20,22-23,31-32H,7,10-11,16-17H2,1-3H3,(H,28,33)(H,29,35). The predicted molar refractivity (Wildman–Crippen MR) is 134 cm³/mol. The SMILES string of the molecule is CC(C)(C)OC(=O)NC(CO)C(=O)N(C1CCC1)C(C(=O)NCc1ccccc1)c1ccc(O)cc1. The van der Waals surface area contributed by atoms with Crippen molar-refractivity contribution in [1.29, 1.82) is 0 Å². The van der Waals surface area contributed by atoms with Gasteiger partial charge in [0.15, 0.2) is 0 Å². The van der Waals surface area contributed by atoms with Gasteiger partial charge < -0.3 is 30.5 Å². The number of nitrogens with zero attached hydrogens (tertiary/aromatic N) is 1. The van der Waals surface area contributed by atoms with Crippen molar-refractivity contribution in [2.45, 2.75) is 70.3 Å². The van der Waals surface area contributed by atoms with Gasteiger partial charge in [-0.05, 0) is 63.3 Å². The lowest BCUT2D eigenvalue weighted by molar-refractivity contribution is -0.148. The minimum absolute atomic E-state index is 0.0311. The number of ether oxygens (including phenoxy) is 1. The van der Waals surface area contributed by atoms with Crippen LogP contribution in [0.15, 0.2) is 54.6 Å². The first-order chi connectivity index (χ1) is 17.1. The average Bonchev–Trinajstić information content (AvgIpc) is 2.80. The molecular weight excluding hydrogens is 462 g/mol. The van der Waals surface area contributed by atoms with Crippen LogP contribution in [-0.2, 0) is 20.9 Å². The molecule has 2 atom stereocenters. The predicted octanol–water partition coefficient (Wildman–Crippen LogP) is 3.02. The number of phenolic OH excluding ortho intramolecular Hbond substituents is 1. The molecule has 1 saturated carbocycles. The second-order valence-electron chi connectivity index (χ2n) is 9.91. The van der Waals surface area contributed by atoms with Crippen LogP contribution in [0.2, 0.25) is 0 Å². The lowest BCUT2D eigenvalue weighted by Gasteiger charge is -2.43. The lowest BCUT2D eigenvalue weighted by atomic mass is 9.88. The summed E-state index contributed by atoms with van der Waals surface area (Å²) in [6, 6.07) is 12.9. The molecule has 1 aliphatic rings. The number of alkyl carbamates (subject to hydrolysis) is 1. The second-order valence-corrected chi connectivity index (χ2v) is 9.91. The van der Waals surface area contributed by atoms with Crippen molar-refractivity contribution in [2.24, 2.45) is 0 Å². The second kappa shape index (κ2) is 11.9. The van der Waals surface area contributed by atoms with Crippen LogP contribution in [0.4, 0.5) is 4.79 Å². The zero-order valence-corrected chi connectivity index (χ0v) is 20.9. The number of phenols is 1. The quantitative estimate of drug-likeness (QED) is 0.422. The summed E-state index contributed by atoms with van der Waals surface area (Å²) in [6.45, 7) is 4.69. The Morgan fingerprint density at radius 2 is 1.69 bits per heavy atom. The fourth-order valence-electron chi connectivity index (χ4n) is 3.97. The summed E-state index contributed by atoms with van der Waals surface area (Å²) in [5.41, 5.74) is 0.622. The Morgan fingerprint density at radius 1 is 1.06 bits per heavy atom. The highest BCUT2D eigenvalue weighted by molar-refractivity contribution is 5.92. The number of nitrogens with one attached hydrogen (secondary N) is 2. The number of aliphatic hydroxyl groups is 1. The van der Waals surface area contributed by atoms with Gasteiger partial charge in [0.25, 0.3) is 0 Å². The monoisotopic (exact) mass is 497 g/mol. The van der Waals surface area contributed by atoms with Crippen molar-refractivity contribution in [3.63, 3.8) is 0 Å². The Morgan fingerprint density at radius 3 is 2.22 bits per heavy atom. The first-order valence-corrected chi connectivity index (χ1v) is 12.1. The largest absolute Gasteiger partial charge is 0.508 e. The van der Waals surface area contributed by atoms with Gasteiger partial charge in [0.05, 0.1) is 6.61 Å². The molecule has 36 heavy (non-hydrogen) atoms. The molecule has 194 valence electrons. The summed E-state index contributed by atoms with van der Waals surface area (Å²) in [4.78, 5) is 41.1. The van der Waals surface area contributed by atoms with Crippen LogP contribution in [0.25, 0.3) is 0 Å². The zero-order valence-electron chi connectivity index (χ0n) is 20.9. The van der Waals surface area contributed by atoms with E-state index in [1.165, 1.54) is 17.0 Å². The van der Waals surface area contributed by atoms with E-state index in [1.807, 2.05) is 30.3 Å². The minimum Gasteiger partial charge on any atom is -0.508 e. The molecule has 2 unspecified atom stereocenters. The van der Waals surface area contributed by atoms with Gasteiger partial charge in [-0.3, -0.25) is 9.59 Å². The first-order valence-electron chi connectivity index (χ1n) is 12.1. The Bertz CT molecular complexity index is 1030. The number of hydrogen-bond acceptors (Lipinski definition) is 6. The van der Waals surface area contributed by atoms with E-state index in [0.717, 1.165) is 12.0 Å². The maximum Gasteiger partial charge on any atom is 0.408 e. The van der Waals surface area contributed by atoms with E-state index in [2.05, 4.69) is 10.6 Å². The van der Waals surface area contributed by atoms with Gasteiger partial charge in [-0.1, -0.05) is 42.5 Å². The normalized spacial score (nSPS) is 15.2. The third-order valence-electron chi connectivity index (χ3n) is 5.94. The van der Waals surface area contributed by atoms with Gasteiger partial charge in [-0.15, -0.1) is 0 Å². The van der Waals surface area contributed by atoms with Crippen LogP contribution >= 0.6 is 0 Å². The van der Waals surface area contributed by atoms with Crippen LogP contribution in [0.5, 0.6) is 5.75 Å². The maximum absolute atomic E-state index is 13.7. The molecular formula is C27H35N3O6. The third kappa shape index (κ3) is 7.21. The highest BCUT2D eigenvalue weighted by atomic mass is 16.6. The van der Waals surface area contributed by atoms with Gasteiger partial charge in [-0.25, -0.2) is 4.79 Å². The number of carbonyl (C=O) groups excluding carboxylic acids is 3. The number of carbonyl (C=O) groups is 3. The maximum atomic E-state index is 13.7. The van der Waals surface area contributed by atoms with Crippen molar-refractivity contribution >= 4 is 17.9 Å². The van der Waals surface area contributed by atoms with Gasteiger partial charge in [0, 0.05) is 12.6 Å². The molecule has 2 aromatic carbocycles. The first kappa shape index (κ1) is 27.0. The van der Waals surface area contributed by atoms with Gasteiger partial charge in [0.1, 0.15) is 23.4 Å². The van der Waals surface area contributed by atoms with Crippen LogP contribution < -0.4 is 10.6 Å². The van der Waals surface area contributed by atoms with Crippen LogP contribution in [0, 0.1) is 0 Å². The smallest absolute Gasteiger partial charge is 0.408 e. The number of aromatic hydroxyl groups is 1. The summed E-state index contributed by atoms with van der Waals surface area (Å²) in [5, 5.41) is 25.1. The third-order valence-corrected chi connectivity index (χ3v) is 5.94. The number of benzene rings is 2. The highest BCUT2D eigenvalue weighted by Crippen LogP contribution is 2.34. The average molecular weight is 498 g/mol. The molecule has 3 rings (SSSR count). The van der Waals surface area contributed by atoms with E-state index in [4.69, 9.17) is 4.74 Å². The molecule has 0 bridgehead atoms. The number of hydrogen-bond donors (Lipinski definition) is 4. The highest BCUT2D eigenvalue weighted by Gasteiger charge is 2.41. The van der Waals surface area contributed by atoms with Crippen LogP contribution in [0.1, 0.15) is 57.2 Å². The molecule has 0 saturated heterocycles. The molecule has 0 heterocycles. The molecule has 0 aromatic heterocycles. The van der Waals surface area contributed by atoms with Crippen molar-refractivity contribution < 1.29 is 29.3 Å². The van der Waals surface area contributed by atoms with Crippen LogP contribution in [0.3, 0.4) is 0 Å². The summed E-state index contributed by atoms with van der Waals surface area (Å²) in [6.07, 6.45) is 1.44. The van der Waals surface area contributed by atoms with Gasteiger partial charge in [0.2, 0.25) is 11.8 Å². The molecule has 2 aromatic rings. The van der Waals surface area contributed by atoms with E-state index in [0.29, 0.717) is 18.4 Å². The van der Waals surface area contributed by atoms with E-state index in [-0.39, 0.29) is 18.3 Å². The summed E-state index contributed by atoms with van der Waals surface area (Å²) < 4.78 is 5.26. The summed E-state index contributed by atoms with van der Waals surface area (Å²) in [7, 11) is 0. The fourth-order valence-corrected chi connectivity index (χ4v) is 3.97. The Kier molecular flexibility index (Phi) is 8.93. The fraction of sp³-hybridized carbons (Fsp3) is 0.444. The zero-order chi connectivity index (χ0) is 26.3. The van der Waals surface area contributed by atoms with Crippen molar-refractivity contribution in [1.82, 2.24) is 15.5 Å². The van der Waals surface area contributed by atoms with E-state index in [1.54, 1.807) is 32.9 Å². The number of aliphatic hydroxyl groups excluding tert-OH is 1. The molecule has 1 aliphatic carbocycles. The van der Waals surface area contributed by atoms with Gasteiger partial charge in [-0.2, -0.15) is 0 Å². The summed E-state index contributed by atoms with van der Waals surface area (Å²) >= 11 is 0. The van der Waals surface area contributed by atoms with E-state index < -0.39 is 42.2 Å². The topological polar surface area (TPSA) is 128 Å². The van der Waals surface area contributed by atoms with Crippen molar-refractivity contribution in [2.75, 3.05) is 6.61 Å². The Labute approximate surface area is 211 Å². The Hall–Kier alpha value is -3.59. The number of amides is 3.